The number of nitrogens with zero attached hydrogens (tertiary/aromatic N) is 4. The van der Waals surface area contributed by atoms with Gasteiger partial charge in [0.25, 0.3) is 11.2 Å². The number of fused-ring (bicyclic) bond motifs is 3. The Kier molecular flexibility index (Phi) is 6.13. The molecule has 9 nitrogen and oxygen atoms in total. The molecule has 2 aromatic heterocycles. The van der Waals surface area contributed by atoms with Gasteiger partial charge in [0.15, 0.2) is 0 Å². The van der Waals surface area contributed by atoms with E-state index in [1.807, 2.05) is 6.07 Å². The van der Waals surface area contributed by atoms with Gasteiger partial charge >= 0.3 is 0 Å². The molecule has 2 aliphatic rings. The maximum atomic E-state index is 12.8. The van der Waals surface area contributed by atoms with Crippen molar-refractivity contribution in [2.75, 3.05) is 33.3 Å². The van der Waals surface area contributed by atoms with Crippen LogP contribution in [0.25, 0.3) is 10.2 Å². The van der Waals surface area contributed by atoms with Crippen LogP contribution in [0.5, 0.6) is 5.75 Å². The Morgan fingerprint density at radius 1 is 1.12 bits per heavy atom. The van der Waals surface area contributed by atoms with Gasteiger partial charge in [-0.05, 0) is 42.9 Å². The number of aryl methyl sites for hydroxylation is 2. The average Bonchev–Trinajstić information content (AvgIpc) is 3.19. The summed E-state index contributed by atoms with van der Waals surface area (Å²) in [5.74, 6) is 1.22. The van der Waals surface area contributed by atoms with Gasteiger partial charge in [0.05, 0.1) is 30.0 Å². The molecule has 1 N–H and O–H groups in total. The van der Waals surface area contributed by atoms with E-state index in [4.69, 9.17) is 9.72 Å². The normalized spacial score (nSPS) is 17.2. The topological polar surface area (TPSA) is 105 Å². The number of ether oxygens (including phenoxy) is 1. The van der Waals surface area contributed by atoms with Gasteiger partial charge < -0.3 is 9.72 Å². The first-order valence-electron chi connectivity index (χ1n) is 11.3. The molecule has 174 valence electrons. The quantitative estimate of drug-likeness (QED) is 0.437. The Labute approximate surface area is 195 Å². The molecule has 0 spiro atoms. The zero-order chi connectivity index (χ0) is 22.9. The first-order valence-corrected chi connectivity index (χ1v) is 12.1. The Morgan fingerprint density at radius 3 is 2.58 bits per heavy atom. The lowest BCUT2D eigenvalue weighted by Gasteiger charge is -2.34. The van der Waals surface area contributed by atoms with Crippen LogP contribution in [0, 0.1) is 10.1 Å². The summed E-state index contributed by atoms with van der Waals surface area (Å²) in [7, 11) is 1.52. The van der Waals surface area contributed by atoms with E-state index in [9.17, 15) is 14.9 Å². The number of thiophene rings is 1. The van der Waals surface area contributed by atoms with Crippen molar-refractivity contribution in [3.63, 3.8) is 0 Å². The molecule has 1 aliphatic heterocycles. The molecule has 3 heterocycles. The second-order valence-corrected chi connectivity index (χ2v) is 9.84. The van der Waals surface area contributed by atoms with Gasteiger partial charge in [-0.15, -0.1) is 11.3 Å². The molecule has 0 radical (unpaired) electrons. The molecule has 5 rings (SSSR count). The van der Waals surface area contributed by atoms with Gasteiger partial charge in [0, 0.05) is 43.7 Å². The lowest BCUT2D eigenvalue weighted by atomic mass is 9.97. The lowest BCUT2D eigenvalue weighted by Crippen LogP contribution is -2.45. The van der Waals surface area contributed by atoms with E-state index < -0.39 is 4.92 Å². The van der Waals surface area contributed by atoms with Gasteiger partial charge in [-0.25, -0.2) is 4.98 Å². The van der Waals surface area contributed by atoms with E-state index in [-0.39, 0.29) is 11.2 Å². The van der Waals surface area contributed by atoms with Gasteiger partial charge in [-0.1, -0.05) is 0 Å². The second kappa shape index (κ2) is 9.20. The molecular formula is C23H27N5O4S. The molecule has 1 aromatic carbocycles. The summed E-state index contributed by atoms with van der Waals surface area (Å²) in [5.41, 5.74) is 2.12. The lowest BCUT2D eigenvalue weighted by molar-refractivity contribution is -0.385. The summed E-state index contributed by atoms with van der Waals surface area (Å²) in [6.07, 6.45) is 4.38. The van der Waals surface area contributed by atoms with E-state index in [0.29, 0.717) is 18.8 Å². The number of nitro benzene ring substituents is 1. The molecule has 0 amide bonds. The standard InChI is InChI=1S/C23H27N5O4S/c1-32-17-11-15(10-16(12-17)28(30)31)13-26-6-8-27(9-7-26)14-20-24-22(29)21-18-4-2-3-5-19(18)33-23(21)25-20/h10-12H,2-9,13-14H2,1H3,(H,24,25,29). The van der Waals surface area contributed by atoms with E-state index in [0.717, 1.165) is 67.0 Å². The first-order chi connectivity index (χ1) is 16.0. The largest absolute Gasteiger partial charge is 0.496 e. The Bertz CT molecular complexity index is 1250. The predicted molar refractivity (Wildman–Crippen MR) is 127 cm³/mol. The molecule has 10 heteroatoms. The van der Waals surface area contributed by atoms with Crippen LogP contribution in [0.15, 0.2) is 23.0 Å². The van der Waals surface area contributed by atoms with E-state index in [1.165, 1.54) is 30.0 Å². The number of hydrogen-bond acceptors (Lipinski definition) is 8. The number of benzene rings is 1. The summed E-state index contributed by atoms with van der Waals surface area (Å²) in [6.45, 7) is 4.61. The van der Waals surface area contributed by atoms with Gasteiger partial charge in [0.1, 0.15) is 16.4 Å². The Hall–Kier alpha value is -2.82. The first kappa shape index (κ1) is 22.0. The van der Waals surface area contributed by atoms with Crippen LogP contribution >= 0.6 is 11.3 Å². The Morgan fingerprint density at radius 2 is 1.85 bits per heavy atom. The molecule has 0 bridgehead atoms. The third-order valence-corrected chi connectivity index (χ3v) is 7.70. The fourth-order valence-electron chi connectivity index (χ4n) is 4.82. The van der Waals surface area contributed by atoms with Crippen LogP contribution in [0.4, 0.5) is 5.69 Å². The van der Waals surface area contributed by atoms with Crippen LogP contribution in [0.1, 0.15) is 34.7 Å². The van der Waals surface area contributed by atoms with Crippen LogP contribution in [0.3, 0.4) is 0 Å². The summed E-state index contributed by atoms with van der Waals surface area (Å²) in [6, 6.07) is 4.90. The number of nitrogens with one attached hydrogen (secondary N) is 1. The van der Waals surface area contributed by atoms with Crippen molar-refractivity contribution in [2.45, 2.75) is 38.8 Å². The van der Waals surface area contributed by atoms with Crippen LogP contribution in [-0.2, 0) is 25.9 Å². The SMILES string of the molecule is COc1cc(CN2CCN(Cc3nc4sc5c(c4c(=O)[nH]3)CCCC5)CC2)cc([N+](=O)[O-])c1. The highest BCUT2D eigenvalue weighted by Crippen LogP contribution is 2.33. The average molecular weight is 470 g/mol. The number of aromatic nitrogens is 2. The highest BCUT2D eigenvalue weighted by molar-refractivity contribution is 7.18. The molecular weight excluding hydrogens is 442 g/mol. The monoisotopic (exact) mass is 469 g/mol. The number of non-ortho nitro benzene ring substituents is 1. The zero-order valence-corrected chi connectivity index (χ0v) is 19.4. The third-order valence-electron chi connectivity index (χ3n) is 6.52. The van der Waals surface area contributed by atoms with Gasteiger partial charge in [-0.3, -0.25) is 24.7 Å². The van der Waals surface area contributed by atoms with Crippen molar-refractivity contribution < 1.29 is 9.66 Å². The molecule has 0 saturated carbocycles. The predicted octanol–water partition coefficient (Wildman–Crippen LogP) is 3.10. The number of piperazine rings is 1. The zero-order valence-electron chi connectivity index (χ0n) is 18.6. The van der Waals surface area contributed by atoms with Crippen molar-refractivity contribution in [3.8, 4) is 5.75 Å². The van der Waals surface area contributed by atoms with Gasteiger partial charge in [0.2, 0.25) is 0 Å². The summed E-state index contributed by atoms with van der Waals surface area (Å²) < 4.78 is 5.22. The van der Waals surface area contributed by atoms with Crippen molar-refractivity contribution >= 4 is 27.2 Å². The molecule has 33 heavy (non-hydrogen) atoms. The number of nitro groups is 1. The number of hydrogen-bond donors (Lipinski definition) is 1. The van der Waals surface area contributed by atoms with Crippen molar-refractivity contribution in [1.29, 1.82) is 0 Å². The van der Waals surface area contributed by atoms with Crippen LogP contribution in [-0.4, -0.2) is 58.0 Å². The van der Waals surface area contributed by atoms with E-state index >= 15 is 0 Å². The maximum absolute atomic E-state index is 12.8. The van der Waals surface area contributed by atoms with Gasteiger partial charge in [-0.2, -0.15) is 0 Å². The molecule has 0 unspecified atom stereocenters. The molecule has 3 aromatic rings. The fraction of sp³-hybridized carbons (Fsp3) is 0.478. The van der Waals surface area contributed by atoms with E-state index in [1.54, 1.807) is 17.4 Å². The molecule has 1 fully saturated rings. The van der Waals surface area contributed by atoms with Crippen molar-refractivity contribution in [3.05, 3.63) is 60.5 Å². The minimum Gasteiger partial charge on any atom is -0.496 e. The van der Waals surface area contributed by atoms with Crippen LogP contribution in [0.2, 0.25) is 0 Å². The smallest absolute Gasteiger partial charge is 0.273 e. The minimum absolute atomic E-state index is 0.00680. The highest BCUT2D eigenvalue weighted by Gasteiger charge is 2.22. The molecule has 1 aliphatic carbocycles. The molecule has 1 saturated heterocycles. The summed E-state index contributed by atoms with van der Waals surface area (Å²) >= 11 is 1.68. The Balaban J connectivity index is 1.23. The van der Waals surface area contributed by atoms with Crippen LogP contribution < -0.4 is 10.3 Å². The van der Waals surface area contributed by atoms with Crippen molar-refractivity contribution in [1.82, 2.24) is 19.8 Å². The van der Waals surface area contributed by atoms with E-state index in [2.05, 4.69) is 14.8 Å². The number of aromatic amines is 1. The van der Waals surface area contributed by atoms with Crippen molar-refractivity contribution in [2.24, 2.45) is 0 Å². The summed E-state index contributed by atoms with van der Waals surface area (Å²) in [4.78, 5) is 38.2. The minimum atomic E-state index is -0.390. The number of methoxy groups -OCH3 is 1. The highest BCUT2D eigenvalue weighted by atomic mass is 32.1. The number of H-pyrrole nitrogens is 1. The summed E-state index contributed by atoms with van der Waals surface area (Å²) in [5, 5.41) is 12.0. The number of rotatable bonds is 6. The third kappa shape index (κ3) is 4.64. The molecule has 0 atom stereocenters. The second-order valence-electron chi connectivity index (χ2n) is 8.75. The fourth-order valence-corrected chi connectivity index (χ4v) is 6.10. The maximum Gasteiger partial charge on any atom is 0.273 e.